The van der Waals surface area contributed by atoms with Crippen molar-refractivity contribution in [2.24, 2.45) is 0 Å². The van der Waals surface area contributed by atoms with Crippen LogP contribution in [0, 0.1) is 0 Å². The molecule has 1 amide bonds. The Labute approximate surface area is 131 Å². The normalized spacial score (nSPS) is 11.6. The maximum atomic E-state index is 11.9. The van der Waals surface area contributed by atoms with Crippen LogP contribution in [0.3, 0.4) is 0 Å². The zero-order chi connectivity index (χ0) is 15.6. The van der Waals surface area contributed by atoms with Crippen molar-refractivity contribution in [3.8, 4) is 0 Å². The van der Waals surface area contributed by atoms with Crippen LogP contribution in [0.15, 0.2) is 60.7 Å². The molecule has 0 unspecified atom stereocenters. The van der Waals surface area contributed by atoms with E-state index in [2.05, 4.69) is 17.4 Å². The molecule has 0 fully saturated rings. The third kappa shape index (κ3) is 5.52. The molecule has 1 radical (unpaired) electrons. The number of hydrogen-bond donors (Lipinski definition) is 1. The molecule has 0 saturated carbocycles. The molecule has 0 aliphatic rings. The minimum absolute atomic E-state index is 0.0970. The molecular weight excluding hydrogens is 274 g/mol. The lowest BCUT2D eigenvalue weighted by atomic mass is 10.1. The third-order valence-corrected chi connectivity index (χ3v) is 3.47. The summed E-state index contributed by atoms with van der Waals surface area (Å²) in [6.07, 6.45) is 4.44. The number of benzene rings is 2. The standard InChI is InChI=1S/C19H20NO2/c21-15-18(14-17-10-5-2-6-11-17)20-19(22)13-7-12-16-8-3-1-4-9-16/h1-6,8-11,18H,7,12-14H2,(H,20,22)/t18-/m0/s1. The highest BCUT2D eigenvalue weighted by molar-refractivity contribution is 5.79. The first-order valence-corrected chi connectivity index (χ1v) is 7.53. The molecule has 3 heteroatoms. The zero-order valence-corrected chi connectivity index (χ0v) is 12.5. The van der Waals surface area contributed by atoms with Gasteiger partial charge >= 0.3 is 0 Å². The quantitative estimate of drug-likeness (QED) is 0.813. The van der Waals surface area contributed by atoms with Crippen molar-refractivity contribution >= 4 is 12.2 Å². The van der Waals surface area contributed by atoms with Gasteiger partial charge in [0, 0.05) is 12.8 Å². The van der Waals surface area contributed by atoms with Crippen LogP contribution >= 0.6 is 0 Å². The van der Waals surface area contributed by atoms with Crippen LogP contribution in [-0.2, 0) is 22.4 Å². The Kier molecular flexibility index (Phi) is 6.37. The largest absolute Gasteiger partial charge is 0.345 e. The van der Waals surface area contributed by atoms with E-state index in [0.29, 0.717) is 12.8 Å². The summed E-state index contributed by atoms with van der Waals surface area (Å²) in [5.41, 5.74) is 2.23. The molecule has 0 heterocycles. The van der Waals surface area contributed by atoms with Crippen molar-refractivity contribution in [3.05, 3.63) is 71.8 Å². The SMILES string of the molecule is O=[C][C@H](Cc1ccccc1)NC(=O)CCCc1ccccc1. The summed E-state index contributed by atoms with van der Waals surface area (Å²) in [5, 5.41) is 2.74. The molecule has 113 valence electrons. The van der Waals surface area contributed by atoms with Crippen molar-refractivity contribution in [3.63, 3.8) is 0 Å². The molecule has 0 spiro atoms. The van der Waals surface area contributed by atoms with E-state index in [1.54, 1.807) is 0 Å². The topological polar surface area (TPSA) is 46.2 Å². The smallest absolute Gasteiger partial charge is 0.223 e. The van der Waals surface area contributed by atoms with Gasteiger partial charge in [-0.1, -0.05) is 60.7 Å². The highest BCUT2D eigenvalue weighted by Crippen LogP contribution is 2.05. The number of nitrogens with one attached hydrogen (secondary N) is 1. The Morgan fingerprint density at radius 2 is 1.55 bits per heavy atom. The zero-order valence-electron chi connectivity index (χ0n) is 12.5. The average molecular weight is 294 g/mol. The van der Waals surface area contributed by atoms with E-state index >= 15 is 0 Å². The van der Waals surface area contributed by atoms with Crippen LogP contribution in [0.25, 0.3) is 0 Å². The number of aryl methyl sites for hydroxylation is 1. The fourth-order valence-electron chi connectivity index (χ4n) is 2.34. The second kappa shape index (κ2) is 8.78. The van der Waals surface area contributed by atoms with E-state index in [0.717, 1.165) is 18.4 Å². The highest BCUT2D eigenvalue weighted by Gasteiger charge is 2.12. The number of rotatable bonds is 8. The second-order valence-corrected chi connectivity index (χ2v) is 5.27. The van der Waals surface area contributed by atoms with Gasteiger partial charge in [-0.25, -0.2) is 0 Å². The van der Waals surface area contributed by atoms with Gasteiger partial charge in [0.25, 0.3) is 0 Å². The predicted molar refractivity (Wildman–Crippen MR) is 87.2 cm³/mol. The van der Waals surface area contributed by atoms with Gasteiger partial charge in [0.2, 0.25) is 12.2 Å². The van der Waals surface area contributed by atoms with Crippen LogP contribution in [-0.4, -0.2) is 18.2 Å². The molecule has 0 aromatic heterocycles. The van der Waals surface area contributed by atoms with Crippen molar-refractivity contribution in [2.45, 2.75) is 31.7 Å². The fraction of sp³-hybridized carbons (Fsp3) is 0.263. The Bertz CT molecular complexity index is 581. The van der Waals surface area contributed by atoms with Crippen LogP contribution < -0.4 is 5.32 Å². The Morgan fingerprint density at radius 1 is 0.955 bits per heavy atom. The van der Waals surface area contributed by atoms with Gasteiger partial charge in [-0.15, -0.1) is 0 Å². The van der Waals surface area contributed by atoms with Crippen molar-refractivity contribution in [2.75, 3.05) is 0 Å². The van der Waals surface area contributed by atoms with Crippen LogP contribution in [0.2, 0.25) is 0 Å². The van der Waals surface area contributed by atoms with Gasteiger partial charge in [-0.3, -0.25) is 9.59 Å². The lowest BCUT2D eigenvalue weighted by Gasteiger charge is -2.12. The predicted octanol–water partition coefficient (Wildman–Crippen LogP) is 2.85. The van der Waals surface area contributed by atoms with Gasteiger partial charge < -0.3 is 5.32 Å². The summed E-state index contributed by atoms with van der Waals surface area (Å²) in [4.78, 5) is 22.9. The summed E-state index contributed by atoms with van der Waals surface area (Å²) in [6, 6.07) is 19.1. The maximum absolute atomic E-state index is 11.9. The minimum Gasteiger partial charge on any atom is -0.345 e. The molecule has 2 aromatic carbocycles. The Balaban J connectivity index is 1.74. The summed E-state index contributed by atoms with van der Waals surface area (Å²) in [5.74, 6) is -0.0970. The molecule has 1 atom stereocenters. The molecule has 22 heavy (non-hydrogen) atoms. The first-order chi connectivity index (χ1) is 10.8. The lowest BCUT2D eigenvalue weighted by molar-refractivity contribution is -0.121. The second-order valence-electron chi connectivity index (χ2n) is 5.27. The van der Waals surface area contributed by atoms with Gasteiger partial charge in [-0.2, -0.15) is 0 Å². The molecule has 0 aliphatic heterocycles. The molecule has 3 nitrogen and oxygen atoms in total. The van der Waals surface area contributed by atoms with Crippen LogP contribution in [0.1, 0.15) is 24.0 Å². The molecule has 0 saturated heterocycles. The number of hydrogen-bond acceptors (Lipinski definition) is 2. The lowest BCUT2D eigenvalue weighted by Crippen LogP contribution is -2.37. The van der Waals surface area contributed by atoms with Crippen molar-refractivity contribution in [1.29, 1.82) is 0 Å². The molecular formula is C19H20NO2. The third-order valence-electron chi connectivity index (χ3n) is 3.47. The fourth-order valence-corrected chi connectivity index (χ4v) is 2.34. The van der Waals surface area contributed by atoms with Gasteiger partial charge in [-0.05, 0) is 24.0 Å². The Morgan fingerprint density at radius 3 is 2.14 bits per heavy atom. The van der Waals surface area contributed by atoms with E-state index in [9.17, 15) is 9.59 Å². The van der Waals surface area contributed by atoms with E-state index in [-0.39, 0.29) is 5.91 Å². The average Bonchev–Trinajstić information content (AvgIpc) is 2.56. The molecule has 1 N–H and O–H groups in total. The van der Waals surface area contributed by atoms with Crippen molar-refractivity contribution < 1.29 is 9.59 Å². The summed E-state index contributed by atoms with van der Waals surface area (Å²) in [6.45, 7) is 0. The summed E-state index contributed by atoms with van der Waals surface area (Å²) < 4.78 is 0. The summed E-state index contributed by atoms with van der Waals surface area (Å²) >= 11 is 0. The van der Waals surface area contributed by atoms with Crippen molar-refractivity contribution in [1.82, 2.24) is 5.32 Å². The molecule has 0 aliphatic carbocycles. The summed E-state index contributed by atoms with van der Waals surface area (Å²) in [7, 11) is 0. The maximum Gasteiger partial charge on any atom is 0.223 e. The first-order valence-electron chi connectivity index (χ1n) is 7.53. The van der Waals surface area contributed by atoms with E-state index in [1.165, 1.54) is 5.56 Å². The first kappa shape index (κ1) is 16.0. The highest BCUT2D eigenvalue weighted by atomic mass is 16.2. The molecule has 0 bridgehead atoms. The number of carbonyl (C=O) groups is 1. The monoisotopic (exact) mass is 294 g/mol. The van der Waals surface area contributed by atoms with E-state index in [4.69, 9.17) is 0 Å². The molecule has 2 rings (SSSR count). The van der Waals surface area contributed by atoms with Crippen LogP contribution in [0.4, 0.5) is 0 Å². The minimum atomic E-state index is -0.577. The number of carbonyl (C=O) groups excluding carboxylic acids is 2. The molecule has 2 aromatic rings. The number of amides is 1. The van der Waals surface area contributed by atoms with E-state index in [1.807, 2.05) is 54.8 Å². The van der Waals surface area contributed by atoms with Crippen LogP contribution in [0.5, 0.6) is 0 Å². The Hall–Kier alpha value is -2.42. The van der Waals surface area contributed by atoms with Gasteiger partial charge in [0.05, 0.1) is 6.04 Å². The van der Waals surface area contributed by atoms with E-state index < -0.39 is 6.04 Å². The van der Waals surface area contributed by atoms with Gasteiger partial charge in [0.1, 0.15) is 0 Å². The van der Waals surface area contributed by atoms with Gasteiger partial charge in [0.15, 0.2) is 0 Å².